The van der Waals surface area contributed by atoms with Gasteiger partial charge in [0.15, 0.2) is 11.9 Å². The van der Waals surface area contributed by atoms with Crippen molar-refractivity contribution in [2.75, 3.05) is 12.3 Å². The first-order valence-electron chi connectivity index (χ1n) is 6.27. The molecule has 0 aromatic carbocycles. The van der Waals surface area contributed by atoms with Gasteiger partial charge in [0, 0.05) is 7.05 Å². The van der Waals surface area contributed by atoms with Gasteiger partial charge in [0.25, 0.3) is 0 Å². The van der Waals surface area contributed by atoms with Crippen LogP contribution in [0, 0.1) is 0 Å². The summed E-state index contributed by atoms with van der Waals surface area (Å²) in [7, 11) is 1.47. The maximum absolute atomic E-state index is 11.7. The van der Waals surface area contributed by atoms with E-state index in [-0.39, 0.29) is 17.0 Å². The van der Waals surface area contributed by atoms with Crippen LogP contribution in [0.3, 0.4) is 0 Å². The number of imidazole rings is 1. The Morgan fingerprint density at radius 3 is 2.76 bits per heavy atom. The van der Waals surface area contributed by atoms with Gasteiger partial charge in [-0.15, -0.1) is 0 Å². The lowest BCUT2D eigenvalue weighted by atomic mass is 10.1. The highest BCUT2D eigenvalue weighted by atomic mass is 16.6. The third-order valence-corrected chi connectivity index (χ3v) is 3.65. The second kappa shape index (κ2) is 4.77. The van der Waals surface area contributed by atoms with E-state index in [0.29, 0.717) is 0 Å². The molecule has 10 heteroatoms. The third kappa shape index (κ3) is 1.92. The van der Waals surface area contributed by atoms with Crippen molar-refractivity contribution >= 4 is 17.0 Å². The van der Waals surface area contributed by atoms with Crippen LogP contribution in [0.4, 0.5) is 5.82 Å². The van der Waals surface area contributed by atoms with E-state index in [1.165, 1.54) is 17.9 Å². The van der Waals surface area contributed by atoms with Gasteiger partial charge < -0.3 is 25.8 Å². The molecule has 0 bridgehead atoms. The Morgan fingerprint density at radius 1 is 1.43 bits per heavy atom. The maximum atomic E-state index is 11.7. The highest BCUT2D eigenvalue weighted by molar-refractivity contribution is 5.81. The number of nitrogens with zero attached hydrogens (tertiary/aromatic N) is 4. The Bertz CT molecular complexity index is 740. The summed E-state index contributed by atoms with van der Waals surface area (Å²) in [6.07, 6.45) is -3.16. The molecule has 2 aromatic rings. The number of aromatic nitrogens is 4. The van der Waals surface area contributed by atoms with Crippen molar-refractivity contribution in [1.82, 2.24) is 19.1 Å². The van der Waals surface area contributed by atoms with Gasteiger partial charge >= 0.3 is 5.69 Å². The summed E-state index contributed by atoms with van der Waals surface area (Å²) in [4.78, 5) is 19.6. The topological polar surface area (TPSA) is 149 Å². The normalized spacial score (nSPS) is 29.3. The van der Waals surface area contributed by atoms with E-state index < -0.39 is 36.8 Å². The highest BCUT2D eigenvalue weighted by Crippen LogP contribution is 2.31. The molecule has 2 aromatic heterocycles. The van der Waals surface area contributed by atoms with Crippen molar-refractivity contribution in [3.8, 4) is 0 Å². The molecule has 114 valence electrons. The van der Waals surface area contributed by atoms with Gasteiger partial charge in [-0.2, -0.15) is 4.98 Å². The third-order valence-electron chi connectivity index (χ3n) is 3.65. The molecule has 0 radical (unpaired) electrons. The largest absolute Gasteiger partial charge is 0.394 e. The molecule has 5 N–H and O–H groups in total. The molecule has 3 heterocycles. The fraction of sp³-hybridized carbons (Fsp3) is 0.545. The van der Waals surface area contributed by atoms with Gasteiger partial charge in [0.2, 0.25) is 0 Å². The summed E-state index contributed by atoms with van der Waals surface area (Å²) in [6.45, 7) is -0.446. The van der Waals surface area contributed by atoms with Crippen LogP contribution in [0.2, 0.25) is 0 Å². The Kier molecular flexibility index (Phi) is 3.17. The molecular formula is C11H15N5O5. The van der Waals surface area contributed by atoms with Crippen molar-refractivity contribution in [3.05, 3.63) is 16.8 Å². The summed E-state index contributed by atoms with van der Waals surface area (Å²) < 4.78 is 7.85. The predicted octanol–water partition coefficient (Wildman–Crippen LogP) is -2.68. The van der Waals surface area contributed by atoms with Crippen LogP contribution in [0.15, 0.2) is 11.1 Å². The van der Waals surface area contributed by atoms with Crippen LogP contribution in [0.25, 0.3) is 11.2 Å². The van der Waals surface area contributed by atoms with Crippen molar-refractivity contribution in [1.29, 1.82) is 0 Å². The molecule has 1 aliphatic heterocycles. The first-order chi connectivity index (χ1) is 9.95. The lowest BCUT2D eigenvalue weighted by Crippen LogP contribution is -2.33. The van der Waals surface area contributed by atoms with E-state index in [1.807, 2.05) is 0 Å². The zero-order chi connectivity index (χ0) is 15.3. The number of fused-ring (bicyclic) bond motifs is 1. The fourth-order valence-corrected chi connectivity index (χ4v) is 2.37. The zero-order valence-electron chi connectivity index (χ0n) is 11.1. The number of nitrogens with two attached hydrogens (primary N) is 1. The summed E-state index contributed by atoms with van der Waals surface area (Å²) in [5.74, 6) is 0.135. The van der Waals surface area contributed by atoms with E-state index in [4.69, 9.17) is 15.6 Å². The van der Waals surface area contributed by atoms with Crippen molar-refractivity contribution < 1.29 is 20.1 Å². The lowest BCUT2D eigenvalue weighted by Gasteiger charge is -2.16. The van der Waals surface area contributed by atoms with E-state index >= 15 is 0 Å². The quantitative estimate of drug-likeness (QED) is 0.468. The molecule has 1 fully saturated rings. The molecule has 4 atom stereocenters. The summed E-state index contributed by atoms with van der Waals surface area (Å²) in [5, 5.41) is 28.9. The minimum Gasteiger partial charge on any atom is -0.394 e. The molecule has 21 heavy (non-hydrogen) atoms. The molecule has 0 saturated carbocycles. The molecule has 1 unspecified atom stereocenters. The van der Waals surface area contributed by atoms with E-state index in [9.17, 15) is 15.0 Å². The van der Waals surface area contributed by atoms with E-state index in [1.54, 1.807) is 0 Å². The summed E-state index contributed by atoms with van der Waals surface area (Å²) in [6, 6.07) is 0. The van der Waals surface area contributed by atoms with Gasteiger partial charge in [-0.05, 0) is 0 Å². The summed E-state index contributed by atoms with van der Waals surface area (Å²) >= 11 is 0. The van der Waals surface area contributed by atoms with Gasteiger partial charge in [-0.3, -0.25) is 9.13 Å². The van der Waals surface area contributed by atoms with Crippen LogP contribution in [0.5, 0.6) is 0 Å². The number of nitrogen functional groups attached to an aromatic ring is 1. The Morgan fingerprint density at radius 2 is 2.14 bits per heavy atom. The van der Waals surface area contributed by atoms with Gasteiger partial charge in [-0.25, -0.2) is 9.78 Å². The van der Waals surface area contributed by atoms with E-state index in [0.717, 1.165) is 4.57 Å². The number of hydrogen-bond donors (Lipinski definition) is 4. The molecule has 1 aliphatic rings. The van der Waals surface area contributed by atoms with Gasteiger partial charge in [0.1, 0.15) is 29.6 Å². The molecular weight excluding hydrogens is 282 g/mol. The van der Waals surface area contributed by atoms with Crippen LogP contribution in [-0.2, 0) is 11.8 Å². The number of aliphatic hydroxyl groups is 3. The summed E-state index contributed by atoms with van der Waals surface area (Å²) in [5.41, 5.74) is 5.66. The van der Waals surface area contributed by atoms with Crippen LogP contribution in [-0.4, -0.2) is 59.3 Å². The maximum Gasteiger partial charge on any atom is 0.350 e. The molecule has 0 amide bonds. The van der Waals surface area contributed by atoms with Gasteiger partial charge in [0.05, 0.1) is 12.9 Å². The number of anilines is 1. The van der Waals surface area contributed by atoms with E-state index in [2.05, 4.69) is 9.97 Å². The van der Waals surface area contributed by atoms with Gasteiger partial charge in [-0.1, -0.05) is 0 Å². The minimum absolute atomic E-state index is 0.135. The van der Waals surface area contributed by atoms with Crippen LogP contribution < -0.4 is 11.4 Å². The zero-order valence-corrected chi connectivity index (χ0v) is 11.1. The second-order valence-electron chi connectivity index (χ2n) is 4.89. The van der Waals surface area contributed by atoms with Crippen molar-refractivity contribution in [2.45, 2.75) is 24.5 Å². The van der Waals surface area contributed by atoms with Crippen LogP contribution >= 0.6 is 0 Å². The predicted molar refractivity (Wildman–Crippen MR) is 70.2 cm³/mol. The molecule has 1 saturated heterocycles. The molecule has 3 rings (SSSR count). The van der Waals surface area contributed by atoms with Crippen molar-refractivity contribution in [2.24, 2.45) is 7.05 Å². The monoisotopic (exact) mass is 297 g/mol. The molecule has 0 spiro atoms. The number of aliphatic hydroxyl groups excluding tert-OH is 3. The first kappa shape index (κ1) is 13.9. The number of ether oxygens (including phenoxy) is 1. The average molecular weight is 297 g/mol. The smallest absolute Gasteiger partial charge is 0.350 e. The number of hydrogen-bond acceptors (Lipinski definition) is 8. The molecule has 10 nitrogen and oxygen atoms in total. The standard InChI is InChI=1S/C11H15N5O5/c1-15-8(12)5-9(14-11(15)20)16(3-13-5)10-7(19)6(18)4(2-17)21-10/h3-4,6-7,10,17-19H,2,12H2,1H3/t4-,6-,7+,10?/m1/s1. The Balaban J connectivity index is 2.12. The second-order valence-corrected chi connectivity index (χ2v) is 4.89. The Labute approximate surface area is 118 Å². The highest BCUT2D eigenvalue weighted by Gasteiger charge is 2.44. The SMILES string of the molecule is Cn1c(N)c2ncn(C3O[C@H](CO)[C@@H](O)[C@@H]3O)c2nc1=O. The first-order valence-corrected chi connectivity index (χ1v) is 6.27. The van der Waals surface area contributed by atoms with Crippen LogP contribution in [0.1, 0.15) is 6.23 Å². The van der Waals surface area contributed by atoms with Crippen molar-refractivity contribution in [3.63, 3.8) is 0 Å². The molecule has 0 aliphatic carbocycles. The fourth-order valence-electron chi connectivity index (χ4n) is 2.37. The number of rotatable bonds is 2. The average Bonchev–Trinajstić information content (AvgIpc) is 2.99. The lowest BCUT2D eigenvalue weighted by molar-refractivity contribution is -0.0511. The minimum atomic E-state index is -1.29. The Hall–Kier alpha value is -2.01.